The summed E-state index contributed by atoms with van der Waals surface area (Å²) in [5.41, 5.74) is 2.80. The van der Waals surface area contributed by atoms with E-state index in [1.807, 2.05) is 11.8 Å². The van der Waals surface area contributed by atoms with Crippen LogP contribution in [0.4, 0.5) is 0 Å². The van der Waals surface area contributed by atoms with E-state index in [1.165, 1.54) is 16.9 Å². The number of hydrogen-bond acceptors (Lipinski definition) is 2. The normalized spacial score (nSPS) is 14.6. The molecule has 1 aromatic carbocycles. The lowest BCUT2D eigenvalue weighted by atomic mass is 10.0. The average molecular weight is 251 g/mol. The second kappa shape index (κ2) is 7.78. The van der Waals surface area contributed by atoms with Crippen LogP contribution in [0, 0.1) is 5.92 Å². The van der Waals surface area contributed by atoms with Crippen molar-refractivity contribution >= 4 is 11.8 Å². The lowest BCUT2D eigenvalue weighted by Gasteiger charge is -2.17. The molecule has 0 saturated carbocycles. The van der Waals surface area contributed by atoms with E-state index in [-0.39, 0.29) is 0 Å². The molecule has 0 aliphatic carbocycles. The summed E-state index contributed by atoms with van der Waals surface area (Å²) < 4.78 is 0. The molecule has 0 bridgehead atoms. The van der Waals surface area contributed by atoms with Crippen LogP contribution < -0.4 is 5.32 Å². The summed E-state index contributed by atoms with van der Waals surface area (Å²) in [6.45, 7) is 7.83. The summed E-state index contributed by atoms with van der Waals surface area (Å²) in [5, 5.41) is 3.61. The second-order valence-electron chi connectivity index (χ2n) is 4.79. The summed E-state index contributed by atoms with van der Waals surface area (Å²) in [4.78, 5) is 0. The minimum absolute atomic E-state index is 0.449. The van der Waals surface area contributed by atoms with Crippen molar-refractivity contribution in [2.45, 2.75) is 33.2 Å². The molecule has 2 unspecified atom stereocenters. The van der Waals surface area contributed by atoms with Crippen molar-refractivity contribution in [1.29, 1.82) is 0 Å². The Bertz CT molecular complexity index is 307. The van der Waals surface area contributed by atoms with Crippen LogP contribution in [0.3, 0.4) is 0 Å². The molecule has 0 saturated heterocycles. The molecule has 96 valence electrons. The van der Waals surface area contributed by atoms with Crippen molar-refractivity contribution in [3.63, 3.8) is 0 Å². The first-order valence-electron chi connectivity index (χ1n) is 6.48. The Kier molecular flexibility index (Phi) is 6.68. The highest BCUT2D eigenvalue weighted by atomic mass is 32.2. The summed E-state index contributed by atoms with van der Waals surface area (Å²) >= 11 is 1.92. The fourth-order valence-corrected chi connectivity index (χ4v) is 2.57. The van der Waals surface area contributed by atoms with Gasteiger partial charge in [-0.05, 0) is 48.9 Å². The highest BCUT2D eigenvalue weighted by molar-refractivity contribution is 7.98. The summed E-state index contributed by atoms with van der Waals surface area (Å²) in [6, 6.07) is 9.41. The van der Waals surface area contributed by atoms with Gasteiger partial charge >= 0.3 is 0 Å². The van der Waals surface area contributed by atoms with Gasteiger partial charge in [0.2, 0.25) is 0 Å². The molecule has 1 nitrogen and oxygen atoms in total. The minimum atomic E-state index is 0.449. The van der Waals surface area contributed by atoms with Crippen LogP contribution in [0.2, 0.25) is 0 Å². The molecule has 0 amide bonds. The molecule has 0 heterocycles. The largest absolute Gasteiger partial charge is 0.310 e. The van der Waals surface area contributed by atoms with Crippen molar-refractivity contribution < 1.29 is 0 Å². The zero-order valence-electron chi connectivity index (χ0n) is 11.5. The highest BCUT2D eigenvalue weighted by Gasteiger charge is 2.07. The molecular formula is C15H25NS. The fraction of sp³-hybridized carbons (Fsp3) is 0.600. The fourth-order valence-electron chi connectivity index (χ4n) is 1.88. The molecule has 0 aromatic heterocycles. The van der Waals surface area contributed by atoms with E-state index in [0.29, 0.717) is 6.04 Å². The maximum absolute atomic E-state index is 3.61. The molecule has 0 fully saturated rings. The molecule has 17 heavy (non-hydrogen) atoms. The third-order valence-corrected chi connectivity index (χ3v) is 4.01. The number of hydrogen-bond donors (Lipinski definition) is 1. The molecule has 1 rings (SSSR count). The number of rotatable bonds is 7. The SMILES string of the molecule is CCc1ccc(C(C)NCC(C)CSC)cc1. The summed E-state index contributed by atoms with van der Waals surface area (Å²) in [6.07, 6.45) is 3.29. The molecule has 2 atom stereocenters. The predicted octanol–water partition coefficient (Wildman–Crippen LogP) is 3.90. The quantitative estimate of drug-likeness (QED) is 0.789. The Balaban J connectivity index is 2.43. The first kappa shape index (κ1) is 14.6. The Hall–Kier alpha value is -0.470. The van der Waals surface area contributed by atoms with Crippen LogP contribution in [-0.2, 0) is 6.42 Å². The zero-order valence-corrected chi connectivity index (χ0v) is 12.3. The number of nitrogens with one attached hydrogen (secondary N) is 1. The van der Waals surface area contributed by atoms with Crippen LogP contribution in [-0.4, -0.2) is 18.6 Å². The van der Waals surface area contributed by atoms with Crippen molar-refractivity contribution in [2.24, 2.45) is 5.92 Å². The van der Waals surface area contributed by atoms with Crippen molar-refractivity contribution in [3.05, 3.63) is 35.4 Å². The van der Waals surface area contributed by atoms with Gasteiger partial charge in [0, 0.05) is 6.04 Å². The number of aryl methyl sites for hydroxylation is 1. The van der Waals surface area contributed by atoms with E-state index < -0.39 is 0 Å². The molecule has 0 aliphatic rings. The predicted molar refractivity (Wildman–Crippen MR) is 79.8 cm³/mol. The Morgan fingerprint density at radius 2 is 1.82 bits per heavy atom. The minimum Gasteiger partial charge on any atom is -0.310 e. The van der Waals surface area contributed by atoms with Crippen LogP contribution in [0.1, 0.15) is 37.9 Å². The maximum atomic E-state index is 3.61. The molecule has 2 heteroatoms. The Morgan fingerprint density at radius 3 is 2.35 bits per heavy atom. The average Bonchev–Trinajstić information content (AvgIpc) is 2.36. The van der Waals surface area contributed by atoms with Gasteiger partial charge in [-0.1, -0.05) is 38.1 Å². The maximum Gasteiger partial charge on any atom is 0.0291 e. The third-order valence-electron chi connectivity index (χ3n) is 3.11. The van der Waals surface area contributed by atoms with Gasteiger partial charge in [-0.15, -0.1) is 0 Å². The number of benzene rings is 1. The van der Waals surface area contributed by atoms with Gasteiger partial charge in [-0.25, -0.2) is 0 Å². The summed E-state index contributed by atoms with van der Waals surface area (Å²) in [7, 11) is 0. The molecule has 0 spiro atoms. The smallest absolute Gasteiger partial charge is 0.0291 e. The Labute approximate surface area is 110 Å². The lowest BCUT2D eigenvalue weighted by molar-refractivity contribution is 0.501. The van der Waals surface area contributed by atoms with E-state index in [1.54, 1.807) is 0 Å². The van der Waals surface area contributed by atoms with Gasteiger partial charge in [-0.2, -0.15) is 11.8 Å². The van der Waals surface area contributed by atoms with E-state index in [2.05, 4.69) is 56.6 Å². The van der Waals surface area contributed by atoms with Gasteiger partial charge in [0.05, 0.1) is 0 Å². The molecule has 1 N–H and O–H groups in total. The summed E-state index contributed by atoms with van der Waals surface area (Å²) in [5.74, 6) is 1.97. The van der Waals surface area contributed by atoms with E-state index in [9.17, 15) is 0 Å². The molecule has 1 aromatic rings. The van der Waals surface area contributed by atoms with E-state index in [4.69, 9.17) is 0 Å². The topological polar surface area (TPSA) is 12.0 Å². The van der Waals surface area contributed by atoms with E-state index in [0.717, 1.165) is 18.9 Å². The first-order valence-corrected chi connectivity index (χ1v) is 7.87. The van der Waals surface area contributed by atoms with Crippen LogP contribution in [0.5, 0.6) is 0 Å². The Morgan fingerprint density at radius 1 is 1.18 bits per heavy atom. The zero-order chi connectivity index (χ0) is 12.7. The lowest BCUT2D eigenvalue weighted by Crippen LogP contribution is -2.25. The number of thioether (sulfide) groups is 1. The van der Waals surface area contributed by atoms with Crippen LogP contribution in [0.15, 0.2) is 24.3 Å². The molecule has 0 aliphatic heterocycles. The van der Waals surface area contributed by atoms with Gasteiger partial charge in [0.1, 0.15) is 0 Å². The molecular weight excluding hydrogens is 226 g/mol. The van der Waals surface area contributed by atoms with Gasteiger partial charge in [0.25, 0.3) is 0 Å². The van der Waals surface area contributed by atoms with Crippen molar-refractivity contribution in [2.75, 3.05) is 18.6 Å². The van der Waals surface area contributed by atoms with Crippen LogP contribution in [0.25, 0.3) is 0 Å². The first-order chi connectivity index (χ1) is 8.17. The van der Waals surface area contributed by atoms with Gasteiger partial charge in [0.15, 0.2) is 0 Å². The van der Waals surface area contributed by atoms with Crippen molar-refractivity contribution in [3.8, 4) is 0 Å². The van der Waals surface area contributed by atoms with Crippen LogP contribution >= 0.6 is 11.8 Å². The second-order valence-corrected chi connectivity index (χ2v) is 5.70. The standard InChI is InChI=1S/C15H25NS/c1-5-14-6-8-15(9-7-14)13(3)16-10-12(2)11-17-4/h6-9,12-13,16H,5,10-11H2,1-4H3. The van der Waals surface area contributed by atoms with Gasteiger partial charge < -0.3 is 5.32 Å². The third kappa shape index (κ3) is 5.13. The molecule has 0 radical (unpaired) electrons. The van der Waals surface area contributed by atoms with Crippen molar-refractivity contribution in [1.82, 2.24) is 5.32 Å². The monoisotopic (exact) mass is 251 g/mol. The highest BCUT2D eigenvalue weighted by Crippen LogP contribution is 2.14. The van der Waals surface area contributed by atoms with E-state index >= 15 is 0 Å². The van der Waals surface area contributed by atoms with Gasteiger partial charge in [-0.3, -0.25) is 0 Å².